The minimum atomic E-state index is -0.922. The van der Waals surface area contributed by atoms with E-state index in [4.69, 9.17) is 9.84 Å². The van der Waals surface area contributed by atoms with Gasteiger partial charge in [0.2, 0.25) is 0 Å². The molecule has 0 aromatic rings. The molecule has 0 radical (unpaired) electrons. The Morgan fingerprint density at radius 2 is 2.18 bits per heavy atom. The van der Waals surface area contributed by atoms with E-state index in [1.807, 2.05) is 0 Å². The van der Waals surface area contributed by atoms with E-state index in [-0.39, 0.29) is 12.1 Å². The third-order valence-corrected chi connectivity index (χ3v) is 3.30. The maximum Gasteiger partial charge on any atom is 0.326 e. The lowest BCUT2D eigenvalue weighted by Gasteiger charge is -2.22. The molecule has 17 heavy (non-hydrogen) atoms. The van der Waals surface area contributed by atoms with Gasteiger partial charge >= 0.3 is 12.0 Å². The molecule has 6 heteroatoms. The third-order valence-electron chi connectivity index (χ3n) is 3.30. The highest BCUT2D eigenvalue weighted by Crippen LogP contribution is 2.17. The average Bonchev–Trinajstić information content (AvgIpc) is 2.96. The number of nitrogens with zero attached hydrogens (tertiary/aromatic N) is 1. The molecule has 2 heterocycles. The molecule has 2 N–H and O–H groups in total. The summed E-state index contributed by atoms with van der Waals surface area (Å²) >= 11 is 0. The Morgan fingerprint density at radius 1 is 1.35 bits per heavy atom. The number of urea groups is 1. The van der Waals surface area contributed by atoms with E-state index in [0.29, 0.717) is 19.5 Å². The Labute approximate surface area is 99.9 Å². The van der Waals surface area contributed by atoms with Crippen LogP contribution in [0.2, 0.25) is 0 Å². The largest absolute Gasteiger partial charge is 0.480 e. The Morgan fingerprint density at radius 3 is 2.82 bits per heavy atom. The quantitative estimate of drug-likeness (QED) is 0.752. The molecular formula is C11H18N2O4. The molecule has 0 aromatic carbocycles. The predicted molar refractivity (Wildman–Crippen MR) is 59.7 cm³/mol. The van der Waals surface area contributed by atoms with Crippen molar-refractivity contribution in [1.82, 2.24) is 10.2 Å². The van der Waals surface area contributed by atoms with Gasteiger partial charge in [-0.15, -0.1) is 0 Å². The van der Waals surface area contributed by atoms with Gasteiger partial charge in [-0.25, -0.2) is 9.59 Å². The number of carbonyl (C=O) groups is 2. The molecule has 0 bridgehead atoms. The fourth-order valence-electron chi connectivity index (χ4n) is 2.37. The van der Waals surface area contributed by atoms with Crippen LogP contribution >= 0.6 is 0 Å². The zero-order valence-electron chi connectivity index (χ0n) is 9.72. The monoisotopic (exact) mass is 242 g/mol. The summed E-state index contributed by atoms with van der Waals surface area (Å²) in [7, 11) is 0. The van der Waals surface area contributed by atoms with Crippen molar-refractivity contribution in [2.75, 3.05) is 19.7 Å². The maximum absolute atomic E-state index is 11.8. The number of carbonyl (C=O) groups excluding carboxylic acids is 1. The summed E-state index contributed by atoms with van der Waals surface area (Å²) in [6.45, 7) is 1.75. The lowest BCUT2D eigenvalue weighted by Crippen LogP contribution is -2.47. The van der Waals surface area contributed by atoms with Crippen LogP contribution < -0.4 is 5.32 Å². The number of carboxylic acids is 1. The number of ether oxygens (including phenoxy) is 1. The molecule has 6 nitrogen and oxygen atoms in total. The first-order chi connectivity index (χ1) is 8.18. The first-order valence-electron chi connectivity index (χ1n) is 6.07. The van der Waals surface area contributed by atoms with Crippen molar-refractivity contribution in [3.05, 3.63) is 0 Å². The van der Waals surface area contributed by atoms with Crippen LogP contribution in [0.1, 0.15) is 25.7 Å². The SMILES string of the molecule is O=C(O)[C@H]1CCCN1C(=O)NCC1CCCO1. The molecule has 96 valence electrons. The van der Waals surface area contributed by atoms with Crippen LogP contribution in [0.3, 0.4) is 0 Å². The summed E-state index contributed by atoms with van der Waals surface area (Å²) in [4.78, 5) is 24.1. The number of nitrogens with one attached hydrogen (secondary N) is 1. The number of carboxylic acid groups (broad SMARTS) is 1. The molecule has 1 unspecified atom stereocenters. The van der Waals surface area contributed by atoms with Crippen LogP contribution in [0.5, 0.6) is 0 Å². The lowest BCUT2D eigenvalue weighted by atomic mass is 10.2. The van der Waals surface area contributed by atoms with E-state index in [2.05, 4.69) is 5.32 Å². The van der Waals surface area contributed by atoms with Crippen molar-refractivity contribution >= 4 is 12.0 Å². The van der Waals surface area contributed by atoms with Crippen LogP contribution in [-0.4, -0.2) is 53.8 Å². The third kappa shape index (κ3) is 2.88. The molecule has 2 aliphatic heterocycles. The zero-order chi connectivity index (χ0) is 12.3. The molecule has 0 aromatic heterocycles. The van der Waals surface area contributed by atoms with Gasteiger partial charge in [0.15, 0.2) is 0 Å². The maximum atomic E-state index is 11.8. The van der Waals surface area contributed by atoms with Crippen LogP contribution in [0.4, 0.5) is 4.79 Å². The first kappa shape index (κ1) is 12.2. The van der Waals surface area contributed by atoms with E-state index in [0.717, 1.165) is 25.9 Å². The van der Waals surface area contributed by atoms with E-state index >= 15 is 0 Å². The number of hydrogen-bond acceptors (Lipinski definition) is 3. The van der Waals surface area contributed by atoms with Gasteiger partial charge in [-0.2, -0.15) is 0 Å². The smallest absolute Gasteiger partial charge is 0.326 e. The van der Waals surface area contributed by atoms with E-state index < -0.39 is 12.0 Å². The molecule has 2 aliphatic rings. The van der Waals surface area contributed by atoms with Crippen molar-refractivity contribution in [3.8, 4) is 0 Å². The Kier molecular flexibility index (Phi) is 3.83. The summed E-state index contributed by atoms with van der Waals surface area (Å²) in [5.74, 6) is -0.922. The average molecular weight is 242 g/mol. The highest BCUT2D eigenvalue weighted by atomic mass is 16.5. The van der Waals surface area contributed by atoms with E-state index in [1.54, 1.807) is 0 Å². The standard InChI is InChI=1S/C11H18N2O4/c14-10(15)9-4-1-5-13(9)11(16)12-7-8-3-2-6-17-8/h8-9H,1-7H2,(H,12,16)(H,14,15)/t8?,9-/m1/s1. The summed E-state index contributed by atoms with van der Waals surface area (Å²) in [6.07, 6.45) is 3.38. The summed E-state index contributed by atoms with van der Waals surface area (Å²) in [5, 5.41) is 11.7. The fourth-order valence-corrected chi connectivity index (χ4v) is 2.37. The van der Waals surface area contributed by atoms with Gasteiger partial charge in [0, 0.05) is 19.7 Å². The van der Waals surface area contributed by atoms with Crippen LogP contribution in [-0.2, 0) is 9.53 Å². The lowest BCUT2D eigenvalue weighted by molar-refractivity contribution is -0.141. The number of rotatable bonds is 3. The van der Waals surface area contributed by atoms with Crippen molar-refractivity contribution in [2.24, 2.45) is 0 Å². The summed E-state index contributed by atoms with van der Waals surface area (Å²) in [6, 6.07) is -0.954. The second-order valence-corrected chi connectivity index (χ2v) is 4.51. The molecule has 2 amide bonds. The molecule has 2 atom stereocenters. The van der Waals surface area contributed by atoms with Gasteiger partial charge in [0.25, 0.3) is 0 Å². The zero-order valence-corrected chi connectivity index (χ0v) is 9.72. The number of likely N-dealkylation sites (tertiary alicyclic amines) is 1. The highest BCUT2D eigenvalue weighted by molar-refractivity contribution is 5.83. The van der Waals surface area contributed by atoms with Crippen molar-refractivity contribution in [2.45, 2.75) is 37.8 Å². The molecule has 2 rings (SSSR count). The van der Waals surface area contributed by atoms with Gasteiger partial charge < -0.3 is 20.1 Å². The second-order valence-electron chi connectivity index (χ2n) is 4.51. The Balaban J connectivity index is 1.80. The molecule has 2 fully saturated rings. The van der Waals surface area contributed by atoms with Crippen LogP contribution in [0, 0.1) is 0 Å². The van der Waals surface area contributed by atoms with Gasteiger partial charge in [0.05, 0.1) is 6.10 Å². The molecular weight excluding hydrogens is 224 g/mol. The first-order valence-corrected chi connectivity index (χ1v) is 6.07. The second kappa shape index (κ2) is 5.35. The molecule has 0 saturated carbocycles. The normalized spacial score (nSPS) is 28.4. The van der Waals surface area contributed by atoms with E-state index in [1.165, 1.54) is 4.90 Å². The van der Waals surface area contributed by atoms with E-state index in [9.17, 15) is 9.59 Å². The van der Waals surface area contributed by atoms with Gasteiger partial charge in [0.1, 0.15) is 6.04 Å². The molecule has 0 spiro atoms. The Bertz CT molecular complexity index is 302. The predicted octanol–water partition coefficient (Wildman–Crippen LogP) is 0.424. The topological polar surface area (TPSA) is 78.9 Å². The number of amides is 2. The minimum Gasteiger partial charge on any atom is -0.480 e. The van der Waals surface area contributed by atoms with Gasteiger partial charge in [-0.1, -0.05) is 0 Å². The van der Waals surface area contributed by atoms with Gasteiger partial charge in [-0.3, -0.25) is 0 Å². The minimum absolute atomic E-state index is 0.0878. The molecule has 0 aliphatic carbocycles. The van der Waals surface area contributed by atoms with Gasteiger partial charge in [-0.05, 0) is 25.7 Å². The summed E-state index contributed by atoms with van der Waals surface area (Å²) < 4.78 is 5.39. The van der Waals surface area contributed by atoms with Crippen molar-refractivity contribution in [1.29, 1.82) is 0 Å². The highest BCUT2D eigenvalue weighted by Gasteiger charge is 2.34. The fraction of sp³-hybridized carbons (Fsp3) is 0.818. The number of aliphatic carboxylic acids is 1. The van der Waals surface area contributed by atoms with Crippen LogP contribution in [0.25, 0.3) is 0 Å². The molecule has 2 saturated heterocycles. The van der Waals surface area contributed by atoms with Crippen molar-refractivity contribution < 1.29 is 19.4 Å². The number of hydrogen-bond donors (Lipinski definition) is 2. The summed E-state index contributed by atoms with van der Waals surface area (Å²) in [5.41, 5.74) is 0. The Hall–Kier alpha value is -1.30. The van der Waals surface area contributed by atoms with Crippen molar-refractivity contribution in [3.63, 3.8) is 0 Å². The van der Waals surface area contributed by atoms with Crippen LogP contribution in [0.15, 0.2) is 0 Å².